The summed E-state index contributed by atoms with van der Waals surface area (Å²) in [5.41, 5.74) is 0.0448. The molecule has 0 heterocycles. The first-order valence-corrected chi connectivity index (χ1v) is 12.4. The van der Waals surface area contributed by atoms with Crippen LogP contribution in [-0.4, -0.2) is 18.5 Å². The molecule has 0 aliphatic heterocycles. The molecule has 4 nitrogen and oxygen atoms in total. The van der Waals surface area contributed by atoms with Crippen LogP contribution in [-0.2, 0) is 16.1 Å². The maximum Gasteiger partial charge on any atom is 0.339 e. The number of unbranched alkanes of at least 4 members (excludes halogenated alkanes) is 10. The summed E-state index contributed by atoms with van der Waals surface area (Å²) in [6.07, 6.45) is 13.2. The second-order valence-corrected chi connectivity index (χ2v) is 8.53. The Hall–Kier alpha value is -2.76. The fourth-order valence-corrected chi connectivity index (χ4v) is 3.72. The van der Waals surface area contributed by atoms with Crippen LogP contribution in [0, 0.1) is 11.6 Å². The zero-order valence-corrected chi connectivity index (χ0v) is 20.1. The Labute approximate surface area is 201 Å². The molecule has 0 spiro atoms. The summed E-state index contributed by atoms with van der Waals surface area (Å²) in [5.74, 6) is -2.70. The first kappa shape index (κ1) is 27.5. The van der Waals surface area contributed by atoms with Gasteiger partial charge in [-0.15, -0.1) is 0 Å². The van der Waals surface area contributed by atoms with Gasteiger partial charge in [-0.25, -0.2) is 18.4 Å². The van der Waals surface area contributed by atoms with Crippen molar-refractivity contribution in [1.82, 2.24) is 0 Å². The number of carbonyl (C=O) groups is 2. The van der Waals surface area contributed by atoms with Crippen LogP contribution in [0.5, 0.6) is 0 Å². The maximum absolute atomic E-state index is 13.7. The van der Waals surface area contributed by atoms with E-state index in [-0.39, 0.29) is 23.3 Å². The monoisotopic (exact) mass is 474 g/mol. The minimum atomic E-state index is -0.800. The molecule has 2 aromatic carbocycles. The predicted molar refractivity (Wildman–Crippen MR) is 129 cm³/mol. The van der Waals surface area contributed by atoms with Crippen LogP contribution < -0.4 is 0 Å². The molecule has 0 unspecified atom stereocenters. The number of ether oxygens (including phenoxy) is 2. The molecule has 2 rings (SSSR count). The number of hydrogen-bond acceptors (Lipinski definition) is 4. The molecule has 0 bridgehead atoms. The Morgan fingerprint density at radius 1 is 0.706 bits per heavy atom. The summed E-state index contributed by atoms with van der Waals surface area (Å²) in [6.45, 7) is 2.07. The highest BCUT2D eigenvalue weighted by Gasteiger charge is 2.19. The zero-order valence-electron chi connectivity index (χ0n) is 20.1. The van der Waals surface area contributed by atoms with E-state index in [2.05, 4.69) is 6.92 Å². The Kier molecular flexibility index (Phi) is 12.9. The Morgan fingerprint density at radius 2 is 1.24 bits per heavy atom. The lowest BCUT2D eigenvalue weighted by molar-refractivity contribution is 0.0433. The highest BCUT2D eigenvalue weighted by molar-refractivity contribution is 6.03. The predicted octanol–water partition coefficient (Wildman–Crippen LogP) is 7.79. The van der Waals surface area contributed by atoms with Crippen molar-refractivity contribution in [2.75, 3.05) is 6.61 Å². The van der Waals surface area contributed by atoms with Crippen LogP contribution in [0.15, 0.2) is 42.5 Å². The molecule has 0 radical (unpaired) electrons. The molecule has 0 fully saturated rings. The van der Waals surface area contributed by atoms with Gasteiger partial charge in [-0.2, -0.15) is 0 Å². The average Bonchev–Trinajstić information content (AvgIpc) is 2.85. The second-order valence-electron chi connectivity index (χ2n) is 8.53. The van der Waals surface area contributed by atoms with Gasteiger partial charge in [0.1, 0.15) is 18.2 Å². The maximum atomic E-state index is 13.7. The quantitative estimate of drug-likeness (QED) is 0.184. The summed E-state index contributed by atoms with van der Waals surface area (Å²) in [5, 5.41) is 0. The molecular formula is C28H36F2O4. The summed E-state index contributed by atoms with van der Waals surface area (Å²) >= 11 is 0. The Morgan fingerprint density at radius 3 is 1.82 bits per heavy atom. The lowest BCUT2D eigenvalue weighted by Gasteiger charge is -2.10. The van der Waals surface area contributed by atoms with E-state index in [0.717, 1.165) is 37.5 Å². The van der Waals surface area contributed by atoms with Gasteiger partial charge in [-0.05, 0) is 36.8 Å². The fourth-order valence-electron chi connectivity index (χ4n) is 3.72. The summed E-state index contributed by atoms with van der Waals surface area (Å²) in [4.78, 5) is 25.0. The van der Waals surface area contributed by atoms with E-state index in [9.17, 15) is 18.4 Å². The van der Waals surface area contributed by atoms with Crippen molar-refractivity contribution in [2.24, 2.45) is 0 Å². The standard InChI is InChI=1S/C28H36F2O4/c1-2-3-4-5-6-7-8-9-10-11-14-19-33-27(31)24-15-12-13-16-25(24)28(32)34-21-22-20-23(29)17-18-26(22)30/h12-13,15-18,20H,2-11,14,19,21H2,1H3. The average molecular weight is 475 g/mol. The third kappa shape index (κ3) is 10.0. The van der Waals surface area contributed by atoms with Crippen LogP contribution in [0.3, 0.4) is 0 Å². The molecule has 2 aromatic rings. The van der Waals surface area contributed by atoms with Crippen LogP contribution in [0.4, 0.5) is 8.78 Å². The molecular weight excluding hydrogens is 438 g/mol. The van der Waals surface area contributed by atoms with E-state index >= 15 is 0 Å². The lowest BCUT2D eigenvalue weighted by atomic mass is 10.1. The first-order valence-electron chi connectivity index (χ1n) is 12.4. The van der Waals surface area contributed by atoms with E-state index in [1.165, 1.54) is 63.5 Å². The molecule has 0 amide bonds. The van der Waals surface area contributed by atoms with Crippen molar-refractivity contribution in [3.8, 4) is 0 Å². The molecule has 0 aliphatic rings. The van der Waals surface area contributed by atoms with Gasteiger partial charge in [0, 0.05) is 5.56 Å². The van der Waals surface area contributed by atoms with Gasteiger partial charge in [-0.3, -0.25) is 0 Å². The van der Waals surface area contributed by atoms with Gasteiger partial charge in [0.05, 0.1) is 17.7 Å². The Balaban J connectivity index is 1.69. The SMILES string of the molecule is CCCCCCCCCCCCCOC(=O)c1ccccc1C(=O)OCc1cc(F)ccc1F. The highest BCUT2D eigenvalue weighted by atomic mass is 19.1. The van der Waals surface area contributed by atoms with Crippen LogP contribution in [0.25, 0.3) is 0 Å². The topological polar surface area (TPSA) is 52.6 Å². The highest BCUT2D eigenvalue weighted by Crippen LogP contribution is 2.16. The van der Waals surface area contributed by atoms with E-state index in [0.29, 0.717) is 0 Å². The number of halogens is 2. The molecule has 0 atom stereocenters. The van der Waals surface area contributed by atoms with Crippen LogP contribution in [0.2, 0.25) is 0 Å². The molecule has 0 aliphatic carbocycles. The third-order valence-corrected chi connectivity index (χ3v) is 5.71. The van der Waals surface area contributed by atoms with Gasteiger partial charge in [0.2, 0.25) is 0 Å². The molecule has 0 saturated carbocycles. The lowest BCUT2D eigenvalue weighted by Crippen LogP contribution is -2.14. The van der Waals surface area contributed by atoms with E-state index < -0.39 is 30.2 Å². The second kappa shape index (κ2) is 16.0. The summed E-state index contributed by atoms with van der Waals surface area (Å²) < 4.78 is 37.5. The van der Waals surface area contributed by atoms with Crippen molar-refractivity contribution in [1.29, 1.82) is 0 Å². The molecule has 0 aromatic heterocycles. The van der Waals surface area contributed by atoms with E-state index in [1.807, 2.05) is 0 Å². The molecule has 34 heavy (non-hydrogen) atoms. The molecule has 186 valence electrons. The number of benzene rings is 2. The number of hydrogen-bond donors (Lipinski definition) is 0. The number of carbonyl (C=O) groups excluding carboxylic acids is 2. The minimum Gasteiger partial charge on any atom is -0.462 e. The summed E-state index contributed by atoms with van der Waals surface area (Å²) in [7, 11) is 0. The van der Waals surface area contributed by atoms with Gasteiger partial charge in [0.25, 0.3) is 0 Å². The molecule has 0 saturated heterocycles. The third-order valence-electron chi connectivity index (χ3n) is 5.71. The largest absolute Gasteiger partial charge is 0.462 e. The van der Waals surface area contributed by atoms with Gasteiger partial charge in [0.15, 0.2) is 0 Å². The van der Waals surface area contributed by atoms with Crippen LogP contribution >= 0.6 is 0 Å². The van der Waals surface area contributed by atoms with E-state index in [4.69, 9.17) is 9.47 Å². The zero-order chi connectivity index (χ0) is 24.6. The van der Waals surface area contributed by atoms with E-state index in [1.54, 1.807) is 12.1 Å². The first-order chi connectivity index (χ1) is 16.5. The fraction of sp³-hybridized carbons (Fsp3) is 0.500. The van der Waals surface area contributed by atoms with Crippen molar-refractivity contribution in [3.05, 3.63) is 70.8 Å². The van der Waals surface area contributed by atoms with Crippen molar-refractivity contribution < 1.29 is 27.8 Å². The smallest absolute Gasteiger partial charge is 0.339 e. The van der Waals surface area contributed by atoms with Gasteiger partial charge < -0.3 is 9.47 Å². The van der Waals surface area contributed by atoms with Crippen molar-refractivity contribution >= 4 is 11.9 Å². The van der Waals surface area contributed by atoms with Crippen LogP contribution in [0.1, 0.15) is 104 Å². The Bertz CT molecular complexity index is 898. The van der Waals surface area contributed by atoms with Gasteiger partial charge >= 0.3 is 11.9 Å². The number of esters is 2. The molecule has 0 N–H and O–H groups in total. The van der Waals surface area contributed by atoms with Crippen molar-refractivity contribution in [2.45, 2.75) is 84.2 Å². The number of rotatable bonds is 16. The normalized spacial score (nSPS) is 10.8. The van der Waals surface area contributed by atoms with Gasteiger partial charge in [-0.1, -0.05) is 83.3 Å². The summed E-state index contributed by atoms with van der Waals surface area (Å²) in [6, 6.07) is 9.09. The minimum absolute atomic E-state index is 0.0308. The van der Waals surface area contributed by atoms with Crippen molar-refractivity contribution in [3.63, 3.8) is 0 Å². The molecule has 6 heteroatoms.